The molecule has 0 aliphatic heterocycles. The summed E-state index contributed by atoms with van der Waals surface area (Å²) >= 11 is 5.71. The molecule has 1 saturated carbocycles. The molecule has 0 aromatic heterocycles. The lowest BCUT2D eigenvalue weighted by Crippen LogP contribution is -2.41. The van der Waals surface area contributed by atoms with Crippen LogP contribution in [0.2, 0.25) is 0 Å². The first kappa shape index (κ1) is 18.8. The van der Waals surface area contributed by atoms with Crippen molar-refractivity contribution in [2.45, 2.75) is 58.0 Å². The van der Waals surface area contributed by atoms with E-state index < -0.39 is 0 Å². The summed E-state index contributed by atoms with van der Waals surface area (Å²) in [5, 5.41) is 4.04. The molecular weight excluding hydrogens is 343 g/mol. The number of nitrogens with zero attached hydrogens (tertiary/aromatic N) is 1. The number of benzene rings is 2. The molecule has 1 aliphatic rings. The lowest BCUT2D eigenvalue weighted by Gasteiger charge is -2.32. The maximum absolute atomic E-state index is 14.2. The van der Waals surface area contributed by atoms with Crippen LogP contribution in [-0.4, -0.2) is 16.1 Å². The lowest BCUT2D eigenvalue weighted by molar-refractivity contribution is 0.308. The Labute approximate surface area is 161 Å². The van der Waals surface area contributed by atoms with Crippen LogP contribution in [0.4, 0.5) is 10.1 Å². The van der Waals surface area contributed by atoms with Gasteiger partial charge in [-0.05, 0) is 54.7 Å². The third-order valence-electron chi connectivity index (χ3n) is 5.15. The van der Waals surface area contributed by atoms with Crippen molar-refractivity contribution in [3.63, 3.8) is 0 Å². The van der Waals surface area contributed by atoms with Crippen LogP contribution >= 0.6 is 12.2 Å². The maximum atomic E-state index is 14.2. The van der Waals surface area contributed by atoms with E-state index in [0.29, 0.717) is 29.2 Å². The molecule has 4 heteroatoms. The highest BCUT2D eigenvalue weighted by molar-refractivity contribution is 7.80. The topological polar surface area (TPSA) is 15.3 Å². The highest BCUT2D eigenvalue weighted by atomic mass is 32.1. The summed E-state index contributed by atoms with van der Waals surface area (Å²) in [7, 11) is 0. The average Bonchev–Trinajstić information content (AvgIpc) is 3.15. The minimum absolute atomic E-state index is 0.167. The van der Waals surface area contributed by atoms with Crippen LogP contribution in [-0.2, 0) is 6.54 Å². The fraction of sp³-hybridized carbons (Fsp3) is 0.409. The van der Waals surface area contributed by atoms with Crippen LogP contribution in [0, 0.1) is 5.82 Å². The van der Waals surface area contributed by atoms with E-state index in [9.17, 15) is 4.39 Å². The van der Waals surface area contributed by atoms with Gasteiger partial charge in [-0.3, -0.25) is 0 Å². The van der Waals surface area contributed by atoms with E-state index in [1.54, 1.807) is 6.07 Å². The average molecular weight is 371 g/mol. The maximum Gasteiger partial charge on any atom is 0.173 e. The molecule has 0 saturated heterocycles. The molecule has 3 rings (SSSR count). The summed E-state index contributed by atoms with van der Waals surface area (Å²) in [5.41, 5.74) is 2.98. The van der Waals surface area contributed by atoms with Gasteiger partial charge in [0.1, 0.15) is 5.82 Å². The second kappa shape index (κ2) is 8.63. The normalized spacial score (nSPS) is 14.6. The number of nitrogens with one attached hydrogen (secondary N) is 1. The van der Waals surface area contributed by atoms with Crippen molar-refractivity contribution in [3.05, 3.63) is 65.5 Å². The molecule has 0 amide bonds. The highest BCUT2D eigenvalue weighted by Crippen LogP contribution is 2.27. The molecule has 26 heavy (non-hydrogen) atoms. The van der Waals surface area contributed by atoms with Gasteiger partial charge >= 0.3 is 0 Å². The van der Waals surface area contributed by atoms with Gasteiger partial charge in [-0.2, -0.15) is 0 Å². The zero-order chi connectivity index (χ0) is 18.5. The SMILES string of the molecule is CC(C)c1ccc(NC(=S)N(Cc2ccccc2F)C2CCCC2)cc1. The molecule has 2 nitrogen and oxygen atoms in total. The summed E-state index contributed by atoms with van der Waals surface area (Å²) in [6, 6.07) is 15.7. The second-order valence-corrected chi connectivity index (χ2v) is 7.75. The molecule has 0 bridgehead atoms. The number of rotatable bonds is 5. The Balaban J connectivity index is 1.75. The first-order valence-electron chi connectivity index (χ1n) is 9.45. The fourth-order valence-electron chi connectivity index (χ4n) is 3.54. The molecule has 0 radical (unpaired) electrons. The molecule has 1 aliphatic carbocycles. The van der Waals surface area contributed by atoms with Crippen molar-refractivity contribution in [2.24, 2.45) is 0 Å². The molecule has 0 heterocycles. The van der Waals surface area contributed by atoms with Crippen molar-refractivity contribution in [1.29, 1.82) is 0 Å². The molecule has 0 unspecified atom stereocenters. The molecule has 2 aromatic carbocycles. The Bertz CT molecular complexity index is 736. The Hall–Kier alpha value is -1.94. The van der Waals surface area contributed by atoms with E-state index in [-0.39, 0.29) is 5.82 Å². The molecule has 0 atom stereocenters. The van der Waals surface area contributed by atoms with E-state index in [1.807, 2.05) is 12.1 Å². The standard InChI is InChI=1S/C22H27FN2S/c1-16(2)17-11-13-19(14-12-17)24-22(26)25(20-8-4-5-9-20)15-18-7-3-6-10-21(18)23/h3,6-7,10-14,16,20H,4-5,8-9,15H2,1-2H3,(H,24,26). The Kier molecular flexibility index (Phi) is 6.25. The summed E-state index contributed by atoms with van der Waals surface area (Å²) in [5.74, 6) is 0.339. The Morgan fingerprint density at radius 1 is 1.12 bits per heavy atom. The number of anilines is 1. The third kappa shape index (κ3) is 4.61. The van der Waals surface area contributed by atoms with Crippen LogP contribution in [0.25, 0.3) is 0 Å². The van der Waals surface area contributed by atoms with Gasteiger partial charge in [0.15, 0.2) is 5.11 Å². The van der Waals surface area contributed by atoms with Crippen LogP contribution in [0.5, 0.6) is 0 Å². The number of hydrogen-bond acceptors (Lipinski definition) is 1. The van der Waals surface area contributed by atoms with Crippen LogP contribution < -0.4 is 5.32 Å². The first-order chi connectivity index (χ1) is 12.5. The number of thiocarbonyl (C=S) groups is 1. The van der Waals surface area contributed by atoms with Gasteiger partial charge in [-0.1, -0.05) is 57.0 Å². The Morgan fingerprint density at radius 3 is 2.38 bits per heavy atom. The van der Waals surface area contributed by atoms with E-state index in [4.69, 9.17) is 12.2 Å². The quantitative estimate of drug-likeness (QED) is 0.641. The van der Waals surface area contributed by atoms with Gasteiger partial charge in [0, 0.05) is 23.8 Å². The van der Waals surface area contributed by atoms with Gasteiger partial charge in [0.25, 0.3) is 0 Å². The zero-order valence-corrected chi connectivity index (χ0v) is 16.4. The minimum Gasteiger partial charge on any atom is -0.342 e. The second-order valence-electron chi connectivity index (χ2n) is 7.36. The summed E-state index contributed by atoms with van der Waals surface area (Å²) in [6.45, 7) is 4.87. The molecule has 1 N–H and O–H groups in total. The minimum atomic E-state index is -0.167. The lowest BCUT2D eigenvalue weighted by atomic mass is 10.0. The van der Waals surface area contributed by atoms with Gasteiger partial charge in [-0.15, -0.1) is 0 Å². The van der Waals surface area contributed by atoms with Crippen molar-refractivity contribution in [2.75, 3.05) is 5.32 Å². The van der Waals surface area contributed by atoms with Crippen molar-refractivity contribution < 1.29 is 4.39 Å². The number of hydrogen-bond donors (Lipinski definition) is 1. The van der Waals surface area contributed by atoms with E-state index >= 15 is 0 Å². The third-order valence-corrected chi connectivity index (χ3v) is 5.49. The van der Waals surface area contributed by atoms with Gasteiger partial charge in [0.2, 0.25) is 0 Å². The fourth-order valence-corrected chi connectivity index (χ4v) is 3.87. The smallest absolute Gasteiger partial charge is 0.173 e. The monoisotopic (exact) mass is 370 g/mol. The van der Waals surface area contributed by atoms with Crippen molar-refractivity contribution in [1.82, 2.24) is 4.90 Å². The zero-order valence-electron chi connectivity index (χ0n) is 15.5. The predicted octanol–water partition coefficient (Wildman–Crippen LogP) is 6.09. The van der Waals surface area contributed by atoms with E-state index in [2.05, 4.69) is 48.3 Å². The summed E-state index contributed by atoms with van der Waals surface area (Å²) < 4.78 is 14.2. The van der Waals surface area contributed by atoms with Gasteiger partial charge < -0.3 is 10.2 Å². The van der Waals surface area contributed by atoms with Crippen LogP contribution in [0.15, 0.2) is 48.5 Å². The summed E-state index contributed by atoms with van der Waals surface area (Å²) in [6.07, 6.45) is 4.65. The molecule has 0 spiro atoms. The molecule has 1 fully saturated rings. The van der Waals surface area contributed by atoms with Gasteiger partial charge in [-0.25, -0.2) is 4.39 Å². The summed E-state index contributed by atoms with van der Waals surface area (Å²) in [4.78, 5) is 2.16. The van der Waals surface area contributed by atoms with Gasteiger partial charge in [0.05, 0.1) is 0 Å². The molecular formula is C22H27FN2S. The van der Waals surface area contributed by atoms with Crippen molar-refractivity contribution in [3.8, 4) is 0 Å². The highest BCUT2D eigenvalue weighted by Gasteiger charge is 2.25. The Morgan fingerprint density at radius 2 is 1.77 bits per heavy atom. The molecule has 2 aromatic rings. The van der Waals surface area contributed by atoms with Crippen LogP contribution in [0.3, 0.4) is 0 Å². The predicted molar refractivity (Wildman–Crippen MR) is 111 cm³/mol. The van der Waals surface area contributed by atoms with Crippen LogP contribution in [0.1, 0.15) is 56.6 Å². The van der Waals surface area contributed by atoms with Crippen molar-refractivity contribution >= 4 is 23.0 Å². The molecule has 138 valence electrons. The van der Waals surface area contributed by atoms with E-state index in [0.717, 1.165) is 18.5 Å². The van der Waals surface area contributed by atoms with E-state index in [1.165, 1.54) is 24.5 Å². The largest absolute Gasteiger partial charge is 0.342 e. The first-order valence-corrected chi connectivity index (χ1v) is 9.86. The number of halogens is 1.